The summed E-state index contributed by atoms with van der Waals surface area (Å²) < 4.78 is 0. The monoisotopic (exact) mass is 267 g/mol. The topological polar surface area (TPSA) is 32.6 Å². The minimum atomic E-state index is 0.194. The number of rotatable bonds is 4. The van der Waals surface area contributed by atoms with Crippen molar-refractivity contribution in [3.8, 4) is 5.75 Å². The van der Waals surface area contributed by atoms with Crippen LogP contribution >= 0.6 is 0 Å². The zero-order chi connectivity index (χ0) is 14.6. The van der Waals surface area contributed by atoms with Crippen LogP contribution in [0.1, 0.15) is 38.3 Å². The molecule has 2 aromatic rings. The summed E-state index contributed by atoms with van der Waals surface area (Å²) >= 11 is 0. The van der Waals surface area contributed by atoms with Crippen LogP contribution in [0.4, 0.5) is 5.69 Å². The fourth-order valence-electron chi connectivity index (χ4n) is 1.94. The molecule has 0 aliphatic carbocycles. The van der Waals surface area contributed by atoms with Crippen LogP contribution < -0.4 is 0 Å². The molecule has 104 valence electrons. The number of phenols is 1. The van der Waals surface area contributed by atoms with E-state index in [0.29, 0.717) is 0 Å². The molecule has 0 spiro atoms. The van der Waals surface area contributed by atoms with Crippen molar-refractivity contribution in [3.05, 3.63) is 59.7 Å². The van der Waals surface area contributed by atoms with E-state index in [1.54, 1.807) is 18.3 Å². The molecule has 0 fully saturated rings. The molecule has 1 N–H and O–H groups in total. The Hall–Kier alpha value is -2.09. The maximum atomic E-state index is 9.68. The van der Waals surface area contributed by atoms with Gasteiger partial charge in [0.15, 0.2) is 0 Å². The van der Waals surface area contributed by atoms with Gasteiger partial charge in [-0.05, 0) is 41.7 Å². The number of nitrogens with zero attached hydrogens (tertiary/aromatic N) is 1. The van der Waals surface area contributed by atoms with Gasteiger partial charge in [-0.3, -0.25) is 4.99 Å². The van der Waals surface area contributed by atoms with Gasteiger partial charge >= 0.3 is 0 Å². The normalized spacial score (nSPS) is 11.9. The Bertz CT molecular complexity index is 597. The number of hydrogen-bond donors (Lipinski definition) is 1. The Morgan fingerprint density at radius 2 is 1.70 bits per heavy atom. The van der Waals surface area contributed by atoms with E-state index in [9.17, 15) is 5.11 Å². The zero-order valence-corrected chi connectivity index (χ0v) is 12.3. The largest absolute Gasteiger partial charge is 0.507 e. The van der Waals surface area contributed by atoms with Crippen molar-refractivity contribution in [2.24, 2.45) is 4.99 Å². The van der Waals surface area contributed by atoms with Crippen LogP contribution in [-0.2, 0) is 5.41 Å². The van der Waals surface area contributed by atoms with Crippen molar-refractivity contribution >= 4 is 11.9 Å². The first-order valence-corrected chi connectivity index (χ1v) is 6.95. The highest BCUT2D eigenvalue weighted by Gasteiger charge is 2.17. The minimum Gasteiger partial charge on any atom is -0.507 e. The van der Waals surface area contributed by atoms with Gasteiger partial charge in [-0.15, -0.1) is 0 Å². The van der Waals surface area contributed by atoms with Crippen molar-refractivity contribution in [2.45, 2.75) is 32.6 Å². The van der Waals surface area contributed by atoms with Gasteiger partial charge in [0.2, 0.25) is 0 Å². The number of phenolic OH excluding ortho intramolecular Hbond substituents is 1. The van der Waals surface area contributed by atoms with Crippen LogP contribution in [0.15, 0.2) is 53.5 Å². The molecule has 0 aromatic heterocycles. The van der Waals surface area contributed by atoms with E-state index < -0.39 is 0 Å². The predicted octanol–water partition coefficient (Wildman–Crippen LogP) is 4.83. The quantitative estimate of drug-likeness (QED) is 0.791. The highest BCUT2D eigenvalue weighted by Crippen LogP contribution is 2.28. The van der Waals surface area contributed by atoms with E-state index >= 15 is 0 Å². The van der Waals surface area contributed by atoms with Gasteiger partial charge < -0.3 is 5.11 Å². The fourth-order valence-corrected chi connectivity index (χ4v) is 1.94. The second-order valence-corrected chi connectivity index (χ2v) is 5.60. The molecule has 20 heavy (non-hydrogen) atoms. The Morgan fingerprint density at radius 1 is 1.05 bits per heavy atom. The van der Waals surface area contributed by atoms with Gasteiger partial charge in [-0.2, -0.15) is 0 Å². The third kappa shape index (κ3) is 3.27. The summed E-state index contributed by atoms with van der Waals surface area (Å²) in [5.74, 6) is 0.250. The van der Waals surface area contributed by atoms with E-state index in [0.717, 1.165) is 17.7 Å². The molecule has 0 saturated carbocycles. The molecule has 2 nitrogen and oxygen atoms in total. The molecule has 0 heterocycles. The predicted molar refractivity (Wildman–Crippen MR) is 85.1 cm³/mol. The van der Waals surface area contributed by atoms with Crippen LogP contribution in [0.2, 0.25) is 0 Å². The van der Waals surface area contributed by atoms with Crippen LogP contribution in [0.3, 0.4) is 0 Å². The number of hydrogen-bond acceptors (Lipinski definition) is 2. The van der Waals surface area contributed by atoms with Gasteiger partial charge in [-0.1, -0.05) is 45.0 Å². The highest BCUT2D eigenvalue weighted by molar-refractivity contribution is 5.85. The maximum Gasteiger partial charge on any atom is 0.124 e. The molecule has 0 saturated heterocycles. The molecule has 0 aliphatic rings. The van der Waals surface area contributed by atoms with Crippen LogP contribution in [-0.4, -0.2) is 11.3 Å². The lowest BCUT2D eigenvalue weighted by molar-refractivity contribution is 0.474. The van der Waals surface area contributed by atoms with E-state index in [1.165, 1.54) is 5.56 Å². The highest BCUT2D eigenvalue weighted by atomic mass is 16.3. The Morgan fingerprint density at radius 3 is 2.30 bits per heavy atom. The molecule has 2 heteroatoms. The Balaban J connectivity index is 2.18. The standard InChI is InChI=1S/C18H21NO/c1-4-18(2,3)15-9-11-16(12-10-15)19-13-14-7-5-6-8-17(14)20/h5-13,20H,4H2,1-3H3. The molecule has 0 atom stereocenters. The number of aliphatic imine (C=N–C) groups is 1. The molecular formula is C18H21NO. The van der Waals surface area contributed by atoms with Crippen LogP contribution in [0.25, 0.3) is 0 Å². The van der Waals surface area contributed by atoms with Gasteiger partial charge in [0.1, 0.15) is 5.75 Å². The summed E-state index contributed by atoms with van der Waals surface area (Å²) in [6, 6.07) is 15.5. The first kappa shape index (κ1) is 14.3. The molecule has 2 aromatic carbocycles. The second-order valence-electron chi connectivity index (χ2n) is 5.60. The molecule has 0 aliphatic heterocycles. The smallest absolute Gasteiger partial charge is 0.124 e. The SMILES string of the molecule is CCC(C)(C)c1ccc(N=Cc2ccccc2O)cc1. The van der Waals surface area contributed by atoms with Crippen molar-refractivity contribution in [2.75, 3.05) is 0 Å². The molecular weight excluding hydrogens is 246 g/mol. The van der Waals surface area contributed by atoms with Gasteiger partial charge in [0.05, 0.1) is 5.69 Å². The van der Waals surface area contributed by atoms with E-state index in [4.69, 9.17) is 0 Å². The Kier molecular flexibility index (Phi) is 4.23. The lowest BCUT2D eigenvalue weighted by Gasteiger charge is -2.23. The molecule has 0 radical (unpaired) electrons. The molecule has 0 bridgehead atoms. The summed E-state index contributed by atoms with van der Waals surface area (Å²) in [5, 5.41) is 9.68. The zero-order valence-electron chi connectivity index (χ0n) is 12.3. The number of benzene rings is 2. The number of aromatic hydroxyl groups is 1. The minimum absolute atomic E-state index is 0.194. The summed E-state index contributed by atoms with van der Waals surface area (Å²) in [6.45, 7) is 6.69. The molecule has 0 amide bonds. The van der Waals surface area contributed by atoms with Crippen LogP contribution in [0.5, 0.6) is 5.75 Å². The lowest BCUT2D eigenvalue weighted by atomic mass is 9.82. The third-order valence-corrected chi connectivity index (χ3v) is 3.82. The van der Waals surface area contributed by atoms with Gasteiger partial charge in [0, 0.05) is 11.8 Å². The summed E-state index contributed by atoms with van der Waals surface area (Å²) in [6.07, 6.45) is 2.79. The van der Waals surface area contributed by atoms with Gasteiger partial charge in [0.25, 0.3) is 0 Å². The van der Waals surface area contributed by atoms with E-state index in [-0.39, 0.29) is 11.2 Å². The molecule has 0 unspecified atom stereocenters. The average molecular weight is 267 g/mol. The van der Waals surface area contributed by atoms with E-state index in [1.807, 2.05) is 24.3 Å². The average Bonchev–Trinajstić information content (AvgIpc) is 2.47. The van der Waals surface area contributed by atoms with Gasteiger partial charge in [-0.25, -0.2) is 0 Å². The molecule has 2 rings (SSSR count). The van der Waals surface area contributed by atoms with E-state index in [2.05, 4.69) is 37.9 Å². The van der Waals surface area contributed by atoms with Crippen molar-refractivity contribution in [1.82, 2.24) is 0 Å². The first-order valence-electron chi connectivity index (χ1n) is 6.95. The van der Waals surface area contributed by atoms with Crippen LogP contribution in [0, 0.1) is 0 Å². The Labute approximate surface area is 120 Å². The first-order chi connectivity index (χ1) is 9.53. The maximum absolute atomic E-state index is 9.68. The lowest BCUT2D eigenvalue weighted by Crippen LogP contribution is -2.14. The van der Waals surface area contributed by atoms with Crippen molar-refractivity contribution < 1.29 is 5.11 Å². The van der Waals surface area contributed by atoms with Crippen molar-refractivity contribution in [1.29, 1.82) is 0 Å². The summed E-state index contributed by atoms with van der Waals surface area (Å²) in [4.78, 5) is 4.40. The fraction of sp³-hybridized carbons (Fsp3) is 0.278. The summed E-state index contributed by atoms with van der Waals surface area (Å²) in [7, 11) is 0. The second kappa shape index (κ2) is 5.91. The number of para-hydroxylation sites is 1. The summed E-state index contributed by atoms with van der Waals surface area (Å²) in [5.41, 5.74) is 3.14. The third-order valence-electron chi connectivity index (χ3n) is 3.82. The van der Waals surface area contributed by atoms with Crippen molar-refractivity contribution in [3.63, 3.8) is 0 Å².